The molecule has 2 saturated heterocycles. The zero-order valence-corrected chi connectivity index (χ0v) is 12.5. The lowest BCUT2D eigenvalue weighted by molar-refractivity contribution is -0.0894. The van der Waals surface area contributed by atoms with E-state index >= 15 is 0 Å². The first-order chi connectivity index (χ1) is 8.86. The van der Waals surface area contributed by atoms with Crippen LogP contribution < -0.4 is 5.32 Å². The molecule has 1 spiro atoms. The fourth-order valence-corrected chi connectivity index (χ4v) is 2.98. The lowest BCUT2D eigenvalue weighted by Crippen LogP contribution is -2.59. The standard InChI is InChI=1S/C14H26N2O3/c1-5-11-14(18-9-7-15-11)6-8-16(10-14)12(17)19-13(2,3)4/h11,15H,5-10H2,1-4H3. The van der Waals surface area contributed by atoms with Crippen LogP contribution in [0, 0.1) is 0 Å². The van der Waals surface area contributed by atoms with Crippen LogP contribution in [0.1, 0.15) is 40.5 Å². The number of ether oxygens (including phenoxy) is 2. The fraction of sp³-hybridized carbons (Fsp3) is 0.929. The summed E-state index contributed by atoms with van der Waals surface area (Å²) in [5, 5.41) is 3.51. The minimum atomic E-state index is -0.442. The van der Waals surface area contributed by atoms with Gasteiger partial charge in [0.15, 0.2) is 0 Å². The Morgan fingerprint density at radius 2 is 2.26 bits per heavy atom. The molecule has 1 N–H and O–H groups in total. The Kier molecular flexibility index (Phi) is 4.06. The number of hydrogen-bond acceptors (Lipinski definition) is 4. The van der Waals surface area contributed by atoms with E-state index in [9.17, 15) is 4.79 Å². The summed E-state index contributed by atoms with van der Waals surface area (Å²) in [6, 6.07) is 0.327. The molecule has 0 radical (unpaired) electrons. The number of likely N-dealkylation sites (tertiary alicyclic amines) is 1. The molecule has 2 rings (SSSR count). The molecule has 2 aliphatic rings. The third-order valence-electron chi connectivity index (χ3n) is 3.84. The Morgan fingerprint density at radius 1 is 1.53 bits per heavy atom. The molecule has 5 nitrogen and oxygen atoms in total. The highest BCUT2D eigenvalue weighted by molar-refractivity contribution is 5.68. The summed E-state index contributed by atoms with van der Waals surface area (Å²) < 4.78 is 11.5. The number of carbonyl (C=O) groups excluding carboxylic acids is 1. The van der Waals surface area contributed by atoms with E-state index in [2.05, 4.69) is 12.2 Å². The molecule has 0 aliphatic carbocycles. The third kappa shape index (κ3) is 3.20. The number of amides is 1. The highest BCUT2D eigenvalue weighted by Crippen LogP contribution is 2.33. The highest BCUT2D eigenvalue weighted by atomic mass is 16.6. The van der Waals surface area contributed by atoms with Gasteiger partial charge in [-0.15, -0.1) is 0 Å². The minimum Gasteiger partial charge on any atom is -0.444 e. The SMILES string of the molecule is CCC1NCCOC12CCN(C(=O)OC(C)(C)C)C2. The van der Waals surface area contributed by atoms with Gasteiger partial charge in [0.05, 0.1) is 13.2 Å². The number of hydrogen-bond donors (Lipinski definition) is 1. The van der Waals surface area contributed by atoms with Crippen molar-refractivity contribution in [1.82, 2.24) is 10.2 Å². The largest absolute Gasteiger partial charge is 0.444 e. The normalized spacial score (nSPS) is 31.8. The van der Waals surface area contributed by atoms with Crippen LogP contribution >= 0.6 is 0 Å². The molecule has 0 aromatic carbocycles. The molecule has 110 valence electrons. The van der Waals surface area contributed by atoms with E-state index in [0.717, 1.165) is 26.0 Å². The highest BCUT2D eigenvalue weighted by Gasteiger charge is 2.48. The predicted octanol–water partition coefficient (Wildman–Crippen LogP) is 1.76. The molecule has 2 fully saturated rings. The number of carbonyl (C=O) groups is 1. The number of rotatable bonds is 1. The molecule has 1 amide bonds. The summed E-state index contributed by atoms with van der Waals surface area (Å²) in [4.78, 5) is 13.9. The molecule has 5 heteroatoms. The monoisotopic (exact) mass is 270 g/mol. The number of morpholine rings is 1. The van der Waals surface area contributed by atoms with Crippen LogP contribution in [0.25, 0.3) is 0 Å². The molecule has 0 saturated carbocycles. The molecule has 19 heavy (non-hydrogen) atoms. The maximum absolute atomic E-state index is 12.1. The van der Waals surface area contributed by atoms with Crippen LogP contribution in [0.2, 0.25) is 0 Å². The van der Waals surface area contributed by atoms with Crippen molar-refractivity contribution in [3.8, 4) is 0 Å². The van der Waals surface area contributed by atoms with Crippen LogP contribution in [0.5, 0.6) is 0 Å². The van der Waals surface area contributed by atoms with Gasteiger partial charge in [0, 0.05) is 19.1 Å². The Labute approximate surface area is 115 Å². The second-order valence-electron chi connectivity index (χ2n) is 6.48. The maximum atomic E-state index is 12.1. The van der Waals surface area contributed by atoms with E-state index in [0.29, 0.717) is 19.1 Å². The quantitative estimate of drug-likeness (QED) is 0.789. The van der Waals surface area contributed by atoms with Gasteiger partial charge in [-0.1, -0.05) is 6.92 Å². The number of nitrogens with zero attached hydrogens (tertiary/aromatic N) is 1. The zero-order chi connectivity index (χ0) is 14.1. The van der Waals surface area contributed by atoms with Gasteiger partial charge < -0.3 is 19.7 Å². The van der Waals surface area contributed by atoms with E-state index < -0.39 is 5.60 Å². The summed E-state index contributed by atoms with van der Waals surface area (Å²) in [6.45, 7) is 10.8. The summed E-state index contributed by atoms with van der Waals surface area (Å²) in [5.74, 6) is 0. The zero-order valence-electron chi connectivity index (χ0n) is 12.5. The van der Waals surface area contributed by atoms with Crippen molar-refractivity contribution < 1.29 is 14.3 Å². The molecule has 2 atom stereocenters. The van der Waals surface area contributed by atoms with Gasteiger partial charge in [0.25, 0.3) is 0 Å². The van der Waals surface area contributed by atoms with Crippen molar-refractivity contribution in [1.29, 1.82) is 0 Å². The average molecular weight is 270 g/mol. The fourth-order valence-electron chi connectivity index (χ4n) is 2.98. The Bertz CT molecular complexity index is 340. The lowest BCUT2D eigenvalue weighted by Gasteiger charge is -2.41. The Hall–Kier alpha value is -0.810. The molecule has 2 unspecified atom stereocenters. The van der Waals surface area contributed by atoms with Crippen molar-refractivity contribution in [3.05, 3.63) is 0 Å². The third-order valence-corrected chi connectivity index (χ3v) is 3.84. The predicted molar refractivity (Wildman–Crippen MR) is 73.2 cm³/mol. The van der Waals surface area contributed by atoms with Gasteiger partial charge in [-0.25, -0.2) is 4.79 Å². The van der Waals surface area contributed by atoms with Crippen LogP contribution in [-0.4, -0.2) is 54.5 Å². The van der Waals surface area contributed by atoms with Crippen molar-refractivity contribution in [2.24, 2.45) is 0 Å². The average Bonchev–Trinajstić information content (AvgIpc) is 2.73. The second kappa shape index (κ2) is 5.29. The van der Waals surface area contributed by atoms with Crippen LogP contribution in [-0.2, 0) is 9.47 Å². The summed E-state index contributed by atoms with van der Waals surface area (Å²) in [5.41, 5.74) is -0.660. The molecule has 2 aliphatic heterocycles. The first-order valence-electron chi connectivity index (χ1n) is 7.21. The van der Waals surface area contributed by atoms with Gasteiger partial charge >= 0.3 is 6.09 Å². The van der Waals surface area contributed by atoms with Gasteiger partial charge in [0.1, 0.15) is 11.2 Å². The molecule has 0 bridgehead atoms. The van der Waals surface area contributed by atoms with Crippen LogP contribution in [0.15, 0.2) is 0 Å². The van der Waals surface area contributed by atoms with E-state index in [1.54, 1.807) is 4.90 Å². The summed E-state index contributed by atoms with van der Waals surface area (Å²) >= 11 is 0. The first-order valence-corrected chi connectivity index (χ1v) is 7.21. The van der Waals surface area contributed by atoms with E-state index in [1.165, 1.54) is 0 Å². The van der Waals surface area contributed by atoms with Crippen molar-refractivity contribution in [2.45, 2.75) is 57.8 Å². The van der Waals surface area contributed by atoms with Crippen molar-refractivity contribution in [2.75, 3.05) is 26.2 Å². The van der Waals surface area contributed by atoms with Gasteiger partial charge in [0.2, 0.25) is 0 Å². The van der Waals surface area contributed by atoms with E-state index in [-0.39, 0.29) is 11.7 Å². The molecular weight excluding hydrogens is 244 g/mol. The molecule has 0 aromatic rings. The van der Waals surface area contributed by atoms with Crippen LogP contribution in [0.4, 0.5) is 4.79 Å². The summed E-state index contributed by atoms with van der Waals surface area (Å²) in [7, 11) is 0. The number of nitrogens with one attached hydrogen (secondary N) is 1. The molecule has 2 heterocycles. The lowest BCUT2D eigenvalue weighted by atomic mass is 9.89. The van der Waals surface area contributed by atoms with Crippen LogP contribution in [0.3, 0.4) is 0 Å². The van der Waals surface area contributed by atoms with Gasteiger partial charge in [-0.05, 0) is 33.6 Å². The van der Waals surface area contributed by atoms with E-state index in [1.807, 2.05) is 20.8 Å². The summed E-state index contributed by atoms with van der Waals surface area (Å²) in [6.07, 6.45) is 1.67. The Morgan fingerprint density at radius 3 is 2.89 bits per heavy atom. The minimum absolute atomic E-state index is 0.218. The first kappa shape index (κ1) is 14.6. The smallest absolute Gasteiger partial charge is 0.410 e. The maximum Gasteiger partial charge on any atom is 0.410 e. The molecular formula is C14H26N2O3. The van der Waals surface area contributed by atoms with E-state index in [4.69, 9.17) is 9.47 Å². The Balaban J connectivity index is 2.00. The second-order valence-corrected chi connectivity index (χ2v) is 6.48. The van der Waals surface area contributed by atoms with Crippen molar-refractivity contribution >= 4 is 6.09 Å². The topological polar surface area (TPSA) is 50.8 Å². The van der Waals surface area contributed by atoms with Gasteiger partial charge in [-0.3, -0.25) is 0 Å². The molecule has 0 aromatic heterocycles. The van der Waals surface area contributed by atoms with Gasteiger partial charge in [-0.2, -0.15) is 0 Å². The van der Waals surface area contributed by atoms with Crippen molar-refractivity contribution in [3.63, 3.8) is 0 Å².